The molecule has 0 radical (unpaired) electrons. The molecule has 0 heterocycles. The average molecular weight is 361 g/mol. The first kappa shape index (κ1) is 18.0. The Bertz CT molecular complexity index is 1130. The van der Waals surface area contributed by atoms with E-state index in [0.717, 1.165) is 0 Å². The number of aryl methyl sites for hydroxylation is 2. The van der Waals surface area contributed by atoms with Gasteiger partial charge in [-0.25, -0.2) is 0 Å². The van der Waals surface area contributed by atoms with E-state index in [1.807, 2.05) is 36.4 Å². The summed E-state index contributed by atoms with van der Waals surface area (Å²) in [6.07, 6.45) is 0. The summed E-state index contributed by atoms with van der Waals surface area (Å²) in [4.78, 5) is 0. The highest BCUT2D eigenvalue weighted by atomic mass is 14.2. The molecule has 0 heteroatoms. The van der Waals surface area contributed by atoms with E-state index in [2.05, 4.69) is 86.6 Å². The van der Waals surface area contributed by atoms with Gasteiger partial charge in [0.15, 0.2) is 0 Å². The highest BCUT2D eigenvalue weighted by Crippen LogP contribution is 2.38. The van der Waals surface area contributed by atoms with Crippen LogP contribution in [-0.2, 0) is 0 Å². The molecular formula is C28H24. The lowest BCUT2D eigenvalue weighted by Crippen LogP contribution is -1.89. The normalized spacial score (nSPS) is 10.5. The van der Waals surface area contributed by atoms with E-state index in [1.54, 1.807) is 0 Å². The molecule has 0 aliphatic heterocycles. The summed E-state index contributed by atoms with van der Waals surface area (Å²) in [5.41, 5.74) is 5.31. The fourth-order valence-corrected chi connectivity index (χ4v) is 3.84. The van der Waals surface area contributed by atoms with Crippen molar-refractivity contribution in [3.8, 4) is 11.1 Å². The molecule has 5 rings (SSSR count). The Morgan fingerprint density at radius 1 is 0.429 bits per heavy atom. The van der Waals surface area contributed by atoms with E-state index in [-0.39, 0.29) is 0 Å². The third kappa shape index (κ3) is 3.54. The summed E-state index contributed by atoms with van der Waals surface area (Å²) < 4.78 is 0. The Hall–Kier alpha value is -3.38. The van der Waals surface area contributed by atoms with Crippen LogP contribution in [0, 0.1) is 13.8 Å². The van der Waals surface area contributed by atoms with Crippen LogP contribution in [0.3, 0.4) is 0 Å². The summed E-state index contributed by atoms with van der Waals surface area (Å²) in [7, 11) is 0. The Morgan fingerprint density at radius 2 is 0.893 bits per heavy atom. The predicted octanol–water partition coefficient (Wildman–Crippen LogP) is 7.96. The maximum Gasteiger partial charge on any atom is -0.00265 e. The second kappa shape index (κ2) is 8.10. The molecule has 28 heavy (non-hydrogen) atoms. The minimum atomic E-state index is 1.30. The molecule has 5 aromatic carbocycles. The fraction of sp³-hybridized carbons (Fsp3) is 0.0714. The number of rotatable bonds is 1. The average Bonchev–Trinajstić information content (AvgIpc) is 2.76. The van der Waals surface area contributed by atoms with E-state index in [9.17, 15) is 0 Å². The lowest BCUT2D eigenvalue weighted by molar-refractivity contribution is 1.47. The summed E-state index contributed by atoms with van der Waals surface area (Å²) in [6, 6.07) is 38.3. The first-order valence-corrected chi connectivity index (χ1v) is 9.73. The molecule has 0 atom stereocenters. The third-order valence-electron chi connectivity index (χ3n) is 5.17. The van der Waals surface area contributed by atoms with Gasteiger partial charge < -0.3 is 0 Å². The van der Waals surface area contributed by atoms with Gasteiger partial charge in [-0.1, -0.05) is 115 Å². The van der Waals surface area contributed by atoms with Gasteiger partial charge >= 0.3 is 0 Å². The van der Waals surface area contributed by atoms with Crippen molar-refractivity contribution in [2.24, 2.45) is 0 Å². The third-order valence-corrected chi connectivity index (χ3v) is 5.17. The van der Waals surface area contributed by atoms with Gasteiger partial charge in [0, 0.05) is 0 Å². The van der Waals surface area contributed by atoms with Crippen LogP contribution >= 0.6 is 0 Å². The van der Waals surface area contributed by atoms with E-state index < -0.39 is 0 Å². The summed E-state index contributed by atoms with van der Waals surface area (Å²) in [5, 5.41) is 5.36. The molecule has 0 spiro atoms. The summed E-state index contributed by atoms with van der Waals surface area (Å²) in [6.45, 7) is 4.38. The maximum absolute atomic E-state index is 2.28. The first-order valence-electron chi connectivity index (χ1n) is 9.73. The van der Waals surface area contributed by atoms with E-state index in [1.165, 1.54) is 43.8 Å². The van der Waals surface area contributed by atoms with Crippen LogP contribution < -0.4 is 0 Å². The molecule has 0 aromatic heterocycles. The van der Waals surface area contributed by atoms with Gasteiger partial charge in [-0.15, -0.1) is 0 Å². The van der Waals surface area contributed by atoms with Crippen LogP contribution in [0.15, 0.2) is 109 Å². The molecule has 136 valence electrons. The summed E-state index contributed by atoms with van der Waals surface area (Å²) >= 11 is 0. The van der Waals surface area contributed by atoms with Gasteiger partial charge in [0.25, 0.3) is 0 Å². The maximum atomic E-state index is 2.28. The van der Waals surface area contributed by atoms with Gasteiger partial charge in [0.05, 0.1) is 0 Å². The van der Waals surface area contributed by atoms with Gasteiger partial charge in [-0.3, -0.25) is 0 Å². The van der Waals surface area contributed by atoms with Crippen molar-refractivity contribution in [3.05, 3.63) is 120 Å². The van der Waals surface area contributed by atoms with E-state index >= 15 is 0 Å². The molecular weight excluding hydrogens is 336 g/mol. The molecule has 0 nitrogen and oxygen atoms in total. The Labute approximate surface area is 167 Å². The van der Waals surface area contributed by atoms with Gasteiger partial charge in [-0.05, 0) is 52.1 Å². The predicted molar refractivity (Wildman–Crippen MR) is 123 cm³/mol. The SMILES string of the molecule is Cc1cccc(-c2c3ccccc3c(C)c3ccccc23)c1.c1ccccc1. The van der Waals surface area contributed by atoms with Crippen molar-refractivity contribution in [1.29, 1.82) is 0 Å². The van der Waals surface area contributed by atoms with Crippen LogP contribution in [0.5, 0.6) is 0 Å². The highest BCUT2D eigenvalue weighted by Gasteiger charge is 2.12. The number of benzene rings is 5. The van der Waals surface area contributed by atoms with Crippen LogP contribution in [0.1, 0.15) is 11.1 Å². The van der Waals surface area contributed by atoms with Crippen LogP contribution in [0.4, 0.5) is 0 Å². The quantitative estimate of drug-likeness (QED) is 0.266. The molecule has 0 fully saturated rings. The molecule has 0 unspecified atom stereocenters. The summed E-state index contributed by atoms with van der Waals surface area (Å²) in [5.74, 6) is 0. The molecule has 0 aliphatic carbocycles. The zero-order valence-corrected chi connectivity index (χ0v) is 16.4. The largest absolute Gasteiger partial charge is 0.0623 e. The molecule has 0 saturated carbocycles. The van der Waals surface area contributed by atoms with Crippen molar-refractivity contribution >= 4 is 21.5 Å². The lowest BCUT2D eigenvalue weighted by atomic mass is 9.88. The van der Waals surface area contributed by atoms with Crippen molar-refractivity contribution in [3.63, 3.8) is 0 Å². The van der Waals surface area contributed by atoms with E-state index in [0.29, 0.717) is 0 Å². The van der Waals surface area contributed by atoms with Crippen LogP contribution in [0.25, 0.3) is 32.7 Å². The van der Waals surface area contributed by atoms with Crippen LogP contribution in [0.2, 0.25) is 0 Å². The topological polar surface area (TPSA) is 0 Å². The molecule has 0 amide bonds. The van der Waals surface area contributed by atoms with Crippen LogP contribution in [-0.4, -0.2) is 0 Å². The second-order valence-corrected chi connectivity index (χ2v) is 7.12. The lowest BCUT2D eigenvalue weighted by Gasteiger charge is -2.15. The number of hydrogen-bond acceptors (Lipinski definition) is 0. The fourth-order valence-electron chi connectivity index (χ4n) is 3.84. The van der Waals surface area contributed by atoms with Crippen molar-refractivity contribution in [1.82, 2.24) is 0 Å². The van der Waals surface area contributed by atoms with Gasteiger partial charge in [0.1, 0.15) is 0 Å². The standard InChI is InChI=1S/C22H18.C6H6/c1-15-8-7-9-17(14-15)22-20-12-5-3-10-18(20)16(2)19-11-4-6-13-21(19)22;1-2-4-6-5-3-1/h3-14H,1-2H3;1-6H. The minimum absolute atomic E-state index is 1.30. The number of hydrogen-bond donors (Lipinski definition) is 0. The Morgan fingerprint density at radius 3 is 1.36 bits per heavy atom. The molecule has 0 bridgehead atoms. The highest BCUT2D eigenvalue weighted by molar-refractivity contribution is 6.14. The van der Waals surface area contributed by atoms with E-state index in [4.69, 9.17) is 0 Å². The monoisotopic (exact) mass is 360 g/mol. The van der Waals surface area contributed by atoms with Gasteiger partial charge in [0.2, 0.25) is 0 Å². The first-order chi connectivity index (χ1) is 13.8. The second-order valence-electron chi connectivity index (χ2n) is 7.12. The minimum Gasteiger partial charge on any atom is -0.0623 e. The molecule has 0 aliphatic rings. The zero-order valence-electron chi connectivity index (χ0n) is 16.4. The zero-order chi connectivity index (χ0) is 19.3. The number of fused-ring (bicyclic) bond motifs is 2. The molecule has 5 aromatic rings. The Balaban J connectivity index is 0.000000275. The van der Waals surface area contributed by atoms with Crippen molar-refractivity contribution in [2.45, 2.75) is 13.8 Å². The molecule has 0 N–H and O–H groups in total. The van der Waals surface area contributed by atoms with Gasteiger partial charge in [-0.2, -0.15) is 0 Å². The Kier molecular flexibility index (Phi) is 5.21. The smallest absolute Gasteiger partial charge is 0.00265 e. The molecule has 0 saturated heterocycles. The van der Waals surface area contributed by atoms with Crippen molar-refractivity contribution in [2.75, 3.05) is 0 Å². The van der Waals surface area contributed by atoms with Crippen molar-refractivity contribution < 1.29 is 0 Å².